The number of morpholine rings is 1. The predicted octanol–water partition coefficient (Wildman–Crippen LogP) is 2.89. The van der Waals surface area contributed by atoms with E-state index in [1.165, 1.54) is 11.1 Å². The largest absolute Gasteiger partial charge is 0.454 e. The number of hydrogen-bond donors (Lipinski definition) is 2. The molecular formula is C24H32N4O3. The van der Waals surface area contributed by atoms with Crippen LogP contribution in [0.25, 0.3) is 0 Å². The minimum absolute atomic E-state index is 0.272. The first-order valence-corrected chi connectivity index (χ1v) is 10.9. The van der Waals surface area contributed by atoms with Crippen molar-refractivity contribution in [1.82, 2.24) is 15.5 Å². The summed E-state index contributed by atoms with van der Waals surface area (Å²) in [4.78, 5) is 6.84. The van der Waals surface area contributed by atoms with Crippen LogP contribution in [0.3, 0.4) is 0 Å². The molecular weight excluding hydrogens is 392 g/mol. The molecule has 166 valence electrons. The second-order valence-electron chi connectivity index (χ2n) is 8.19. The normalized spacial score (nSPS) is 21.2. The molecule has 0 saturated carbocycles. The van der Waals surface area contributed by atoms with Crippen LogP contribution in [0.4, 0.5) is 0 Å². The molecule has 2 aliphatic rings. The van der Waals surface area contributed by atoms with Crippen molar-refractivity contribution in [2.24, 2.45) is 4.99 Å². The van der Waals surface area contributed by atoms with Crippen molar-refractivity contribution in [2.45, 2.75) is 45.7 Å². The van der Waals surface area contributed by atoms with Crippen molar-refractivity contribution in [3.05, 3.63) is 59.2 Å². The molecule has 31 heavy (non-hydrogen) atoms. The Balaban J connectivity index is 1.32. The van der Waals surface area contributed by atoms with Crippen molar-refractivity contribution in [2.75, 3.05) is 26.9 Å². The first-order valence-electron chi connectivity index (χ1n) is 10.9. The minimum atomic E-state index is 0.272. The molecule has 0 aliphatic carbocycles. The van der Waals surface area contributed by atoms with E-state index in [9.17, 15) is 0 Å². The van der Waals surface area contributed by atoms with E-state index >= 15 is 0 Å². The summed E-state index contributed by atoms with van der Waals surface area (Å²) in [6.45, 7) is 8.80. The Labute approximate surface area is 184 Å². The lowest BCUT2D eigenvalue weighted by Crippen LogP contribution is -2.45. The molecule has 7 nitrogen and oxygen atoms in total. The van der Waals surface area contributed by atoms with E-state index in [2.05, 4.69) is 58.6 Å². The molecule has 1 fully saturated rings. The Morgan fingerprint density at radius 2 is 1.68 bits per heavy atom. The van der Waals surface area contributed by atoms with Crippen LogP contribution in [0.5, 0.6) is 11.5 Å². The zero-order valence-corrected chi connectivity index (χ0v) is 18.6. The van der Waals surface area contributed by atoms with Crippen LogP contribution in [0.15, 0.2) is 47.5 Å². The van der Waals surface area contributed by atoms with Crippen LogP contribution in [-0.4, -0.2) is 50.0 Å². The van der Waals surface area contributed by atoms with Gasteiger partial charge >= 0.3 is 0 Å². The lowest BCUT2D eigenvalue weighted by molar-refractivity contribution is -0.0705. The van der Waals surface area contributed by atoms with Gasteiger partial charge in [0.1, 0.15) is 0 Å². The molecule has 4 rings (SSSR count). The summed E-state index contributed by atoms with van der Waals surface area (Å²) >= 11 is 0. The number of ether oxygens (including phenoxy) is 3. The van der Waals surface area contributed by atoms with Gasteiger partial charge in [-0.2, -0.15) is 0 Å². The fraction of sp³-hybridized carbons (Fsp3) is 0.458. The highest BCUT2D eigenvalue weighted by Crippen LogP contribution is 2.32. The van der Waals surface area contributed by atoms with E-state index in [0.717, 1.165) is 42.7 Å². The van der Waals surface area contributed by atoms with Gasteiger partial charge in [0.25, 0.3) is 0 Å². The third kappa shape index (κ3) is 5.68. The lowest BCUT2D eigenvalue weighted by atomic mass is 10.1. The third-order valence-electron chi connectivity index (χ3n) is 5.57. The number of fused-ring (bicyclic) bond motifs is 1. The molecule has 7 heteroatoms. The van der Waals surface area contributed by atoms with E-state index in [1.807, 2.05) is 18.2 Å². The number of guanidine groups is 1. The smallest absolute Gasteiger partial charge is 0.231 e. The molecule has 2 heterocycles. The van der Waals surface area contributed by atoms with Gasteiger partial charge in [0.2, 0.25) is 6.79 Å². The van der Waals surface area contributed by atoms with Crippen molar-refractivity contribution in [1.29, 1.82) is 0 Å². The first kappa shape index (κ1) is 21.5. The fourth-order valence-corrected chi connectivity index (χ4v) is 4.17. The Morgan fingerprint density at radius 1 is 0.968 bits per heavy atom. The van der Waals surface area contributed by atoms with E-state index in [1.54, 1.807) is 7.05 Å². The summed E-state index contributed by atoms with van der Waals surface area (Å²) in [5.74, 6) is 2.36. The van der Waals surface area contributed by atoms with Crippen LogP contribution in [-0.2, 0) is 24.4 Å². The molecule has 0 spiro atoms. The molecule has 2 aliphatic heterocycles. The summed E-state index contributed by atoms with van der Waals surface area (Å²) in [6.07, 6.45) is 0.543. The van der Waals surface area contributed by atoms with Gasteiger partial charge in [-0.15, -0.1) is 0 Å². The van der Waals surface area contributed by atoms with Gasteiger partial charge in [0, 0.05) is 39.8 Å². The average molecular weight is 425 g/mol. The Morgan fingerprint density at radius 3 is 2.45 bits per heavy atom. The van der Waals surface area contributed by atoms with Crippen LogP contribution in [0.1, 0.15) is 30.5 Å². The van der Waals surface area contributed by atoms with Crippen molar-refractivity contribution >= 4 is 5.96 Å². The minimum Gasteiger partial charge on any atom is -0.454 e. The summed E-state index contributed by atoms with van der Waals surface area (Å²) < 4.78 is 16.7. The highest BCUT2D eigenvalue weighted by Gasteiger charge is 2.22. The molecule has 2 aromatic carbocycles. The standard InChI is InChI=1S/C24H32N4O3/c1-17-13-28(14-18(2)31-17)15-21-7-5-4-6-20(21)12-27-24(25-3)26-11-19-8-9-22-23(10-19)30-16-29-22/h4-10,17-18H,11-16H2,1-3H3,(H2,25,26,27). The Hall–Kier alpha value is -2.77. The second kappa shape index (κ2) is 10.0. The molecule has 0 bridgehead atoms. The quantitative estimate of drug-likeness (QED) is 0.549. The van der Waals surface area contributed by atoms with Crippen molar-refractivity contribution in [3.8, 4) is 11.5 Å². The molecule has 0 aromatic heterocycles. The van der Waals surface area contributed by atoms with E-state index in [4.69, 9.17) is 14.2 Å². The maximum absolute atomic E-state index is 5.87. The second-order valence-corrected chi connectivity index (χ2v) is 8.19. The number of nitrogens with one attached hydrogen (secondary N) is 2. The zero-order chi connectivity index (χ0) is 21.6. The van der Waals surface area contributed by atoms with Gasteiger partial charge in [-0.05, 0) is 42.7 Å². The Bertz CT molecular complexity index is 907. The molecule has 0 radical (unpaired) electrons. The van der Waals surface area contributed by atoms with Gasteiger partial charge < -0.3 is 24.8 Å². The third-order valence-corrected chi connectivity index (χ3v) is 5.57. The van der Waals surface area contributed by atoms with Crippen molar-refractivity contribution < 1.29 is 14.2 Å². The maximum atomic E-state index is 5.87. The fourth-order valence-electron chi connectivity index (χ4n) is 4.17. The van der Waals surface area contributed by atoms with Gasteiger partial charge in [0.15, 0.2) is 17.5 Å². The molecule has 0 amide bonds. The molecule has 2 atom stereocenters. The van der Waals surface area contributed by atoms with E-state index in [-0.39, 0.29) is 19.0 Å². The first-order chi connectivity index (χ1) is 15.1. The number of benzene rings is 2. The predicted molar refractivity (Wildman–Crippen MR) is 121 cm³/mol. The number of rotatable bonds is 6. The Kier molecular flexibility index (Phi) is 6.94. The van der Waals surface area contributed by atoms with Gasteiger partial charge in [-0.3, -0.25) is 9.89 Å². The highest BCUT2D eigenvalue weighted by molar-refractivity contribution is 5.79. The van der Waals surface area contributed by atoms with Crippen LogP contribution >= 0.6 is 0 Å². The van der Waals surface area contributed by atoms with Crippen LogP contribution in [0.2, 0.25) is 0 Å². The lowest BCUT2D eigenvalue weighted by Gasteiger charge is -2.35. The molecule has 2 aromatic rings. The number of aliphatic imine (C=N–C) groups is 1. The van der Waals surface area contributed by atoms with E-state index in [0.29, 0.717) is 13.1 Å². The molecule has 2 N–H and O–H groups in total. The summed E-state index contributed by atoms with van der Waals surface area (Å²) in [5.41, 5.74) is 3.73. The average Bonchev–Trinajstić information content (AvgIpc) is 3.22. The topological polar surface area (TPSA) is 67.4 Å². The number of hydrogen-bond acceptors (Lipinski definition) is 5. The van der Waals surface area contributed by atoms with E-state index < -0.39 is 0 Å². The van der Waals surface area contributed by atoms with Gasteiger partial charge in [-0.25, -0.2) is 0 Å². The number of nitrogens with zero attached hydrogens (tertiary/aromatic N) is 2. The van der Waals surface area contributed by atoms with Crippen LogP contribution in [0, 0.1) is 0 Å². The monoisotopic (exact) mass is 424 g/mol. The highest BCUT2D eigenvalue weighted by atomic mass is 16.7. The van der Waals surface area contributed by atoms with Crippen LogP contribution < -0.4 is 20.1 Å². The SMILES string of the molecule is CN=C(NCc1ccc2c(c1)OCO2)NCc1ccccc1CN1CC(C)OC(C)C1. The summed E-state index contributed by atoms with van der Waals surface area (Å²) in [5, 5.41) is 6.82. The molecule has 1 saturated heterocycles. The van der Waals surface area contributed by atoms with Crippen molar-refractivity contribution in [3.63, 3.8) is 0 Å². The summed E-state index contributed by atoms with van der Waals surface area (Å²) in [7, 11) is 1.79. The molecule has 2 unspecified atom stereocenters. The van der Waals surface area contributed by atoms with Gasteiger partial charge in [0.05, 0.1) is 12.2 Å². The zero-order valence-electron chi connectivity index (χ0n) is 18.6. The maximum Gasteiger partial charge on any atom is 0.231 e. The summed E-state index contributed by atoms with van der Waals surface area (Å²) in [6, 6.07) is 14.6. The van der Waals surface area contributed by atoms with Gasteiger partial charge in [-0.1, -0.05) is 30.3 Å².